The van der Waals surface area contributed by atoms with Crippen molar-refractivity contribution in [1.82, 2.24) is 15.2 Å². The summed E-state index contributed by atoms with van der Waals surface area (Å²) >= 11 is 1.54. The molecule has 0 spiro atoms. The summed E-state index contributed by atoms with van der Waals surface area (Å²) in [6.45, 7) is 9.17. The minimum absolute atomic E-state index is 0.182. The SMILES string of the molecule is C=C/C=C(\C=C)C(F)(F)C(=O)N1CCc2nc(N3C4CCC3CNC4)sc2C1. The molecule has 2 bridgehead atoms. The number of nitrogens with one attached hydrogen (secondary N) is 1. The maximum absolute atomic E-state index is 14.6. The molecular weight excluding hydrogens is 382 g/mol. The number of fused-ring (bicyclic) bond motifs is 3. The normalized spacial score (nSPS) is 24.9. The van der Waals surface area contributed by atoms with Gasteiger partial charge in [-0.05, 0) is 12.8 Å². The van der Waals surface area contributed by atoms with Crippen LogP contribution in [0.25, 0.3) is 0 Å². The molecule has 2 fully saturated rings. The van der Waals surface area contributed by atoms with E-state index in [1.54, 1.807) is 11.3 Å². The second kappa shape index (κ2) is 7.40. The minimum Gasteiger partial charge on any atom is -0.340 e. The first kappa shape index (κ1) is 19.3. The summed E-state index contributed by atoms with van der Waals surface area (Å²) in [7, 11) is 0. The lowest BCUT2D eigenvalue weighted by Crippen LogP contribution is -2.51. The number of halogens is 2. The van der Waals surface area contributed by atoms with Gasteiger partial charge in [-0.2, -0.15) is 8.78 Å². The van der Waals surface area contributed by atoms with Gasteiger partial charge in [-0.15, -0.1) is 0 Å². The number of allylic oxidation sites excluding steroid dienone is 3. The standard InChI is InChI=1S/C20H24F2N4OS/c1-3-5-13(4-2)20(21,22)18(27)25-9-8-16-17(12-25)28-19(24-16)26-14-6-7-15(26)11-23-10-14/h3-5,14-15,23H,1-2,6-12H2/b13-5+. The van der Waals surface area contributed by atoms with Gasteiger partial charge in [-0.25, -0.2) is 4.98 Å². The summed E-state index contributed by atoms with van der Waals surface area (Å²) in [5.41, 5.74) is 0.511. The zero-order valence-corrected chi connectivity index (χ0v) is 16.5. The molecule has 4 rings (SSSR count). The predicted molar refractivity (Wildman–Crippen MR) is 107 cm³/mol. The van der Waals surface area contributed by atoms with Crippen LogP contribution in [0.1, 0.15) is 23.4 Å². The average molecular weight is 407 g/mol. The van der Waals surface area contributed by atoms with Crippen molar-refractivity contribution in [3.63, 3.8) is 0 Å². The van der Waals surface area contributed by atoms with Crippen molar-refractivity contribution < 1.29 is 13.6 Å². The summed E-state index contributed by atoms with van der Waals surface area (Å²) in [6, 6.07) is 0.903. The Labute approximate surface area is 167 Å². The molecule has 3 aliphatic rings. The number of nitrogens with zero attached hydrogens (tertiary/aromatic N) is 3. The van der Waals surface area contributed by atoms with Crippen LogP contribution in [0, 0.1) is 0 Å². The lowest BCUT2D eigenvalue weighted by Gasteiger charge is -2.35. The maximum atomic E-state index is 14.6. The Hall–Kier alpha value is -2.06. The molecule has 2 saturated heterocycles. The molecular formula is C20H24F2N4OS. The second-order valence-corrected chi connectivity index (χ2v) is 8.49. The second-order valence-electron chi connectivity index (χ2n) is 7.43. The van der Waals surface area contributed by atoms with Crippen molar-refractivity contribution in [2.75, 3.05) is 24.5 Å². The van der Waals surface area contributed by atoms with Crippen LogP contribution in [0.3, 0.4) is 0 Å². The Kier molecular flexibility index (Phi) is 5.09. The van der Waals surface area contributed by atoms with Gasteiger partial charge in [0.1, 0.15) is 0 Å². The topological polar surface area (TPSA) is 48.5 Å². The zero-order chi connectivity index (χ0) is 19.9. The highest BCUT2D eigenvalue weighted by molar-refractivity contribution is 7.15. The van der Waals surface area contributed by atoms with E-state index in [4.69, 9.17) is 4.98 Å². The molecule has 1 amide bonds. The van der Waals surface area contributed by atoms with E-state index in [-0.39, 0.29) is 13.1 Å². The fourth-order valence-corrected chi connectivity index (χ4v) is 5.57. The zero-order valence-electron chi connectivity index (χ0n) is 15.7. The smallest absolute Gasteiger partial charge is 0.340 e. The third-order valence-corrected chi connectivity index (χ3v) is 6.85. The van der Waals surface area contributed by atoms with E-state index in [1.165, 1.54) is 11.0 Å². The molecule has 4 heterocycles. The van der Waals surface area contributed by atoms with E-state index in [9.17, 15) is 13.6 Å². The monoisotopic (exact) mass is 406 g/mol. The molecule has 2 unspecified atom stereocenters. The Morgan fingerprint density at radius 2 is 2.00 bits per heavy atom. The van der Waals surface area contributed by atoms with Gasteiger partial charge in [-0.1, -0.05) is 42.7 Å². The van der Waals surface area contributed by atoms with Crippen molar-refractivity contribution in [2.24, 2.45) is 0 Å². The highest BCUT2D eigenvalue weighted by atomic mass is 32.1. The molecule has 0 aliphatic carbocycles. The summed E-state index contributed by atoms with van der Waals surface area (Å²) in [6.07, 6.45) is 6.19. The lowest BCUT2D eigenvalue weighted by molar-refractivity contribution is -0.152. The van der Waals surface area contributed by atoms with Gasteiger partial charge < -0.3 is 15.1 Å². The number of carbonyl (C=O) groups excluding carboxylic acids is 1. The first-order valence-corrected chi connectivity index (χ1v) is 10.4. The molecule has 2 atom stereocenters. The van der Waals surface area contributed by atoms with Gasteiger partial charge in [0.05, 0.1) is 12.2 Å². The van der Waals surface area contributed by atoms with E-state index in [0.29, 0.717) is 18.5 Å². The lowest BCUT2D eigenvalue weighted by atomic mass is 10.1. The highest BCUT2D eigenvalue weighted by Gasteiger charge is 2.46. The number of hydrogen-bond donors (Lipinski definition) is 1. The Bertz CT molecular complexity index is 818. The van der Waals surface area contributed by atoms with E-state index in [2.05, 4.69) is 23.4 Å². The van der Waals surface area contributed by atoms with Crippen molar-refractivity contribution in [3.8, 4) is 0 Å². The number of rotatable bonds is 5. The van der Waals surface area contributed by atoms with E-state index in [0.717, 1.165) is 53.8 Å². The van der Waals surface area contributed by atoms with Crippen LogP contribution in [0.2, 0.25) is 0 Å². The fourth-order valence-electron chi connectivity index (χ4n) is 4.31. The van der Waals surface area contributed by atoms with Crippen LogP contribution >= 0.6 is 11.3 Å². The molecule has 3 aliphatic heterocycles. The quantitative estimate of drug-likeness (QED) is 0.764. The molecule has 1 aromatic heterocycles. The van der Waals surface area contributed by atoms with Crippen molar-refractivity contribution in [3.05, 3.63) is 47.5 Å². The van der Waals surface area contributed by atoms with Crippen LogP contribution in [-0.4, -0.2) is 53.4 Å². The predicted octanol–water partition coefficient (Wildman–Crippen LogP) is 2.90. The molecule has 1 N–H and O–H groups in total. The summed E-state index contributed by atoms with van der Waals surface area (Å²) < 4.78 is 29.3. The molecule has 0 aromatic carbocycles. The molecule has 5 nitrogen and oxygen atoms in total. The highest BCUT2D eigenvalue weighted by Crippen LogP contribution is 2.39. The Morgan fingerprint density at radius 3 is 2.64 bits per heavy atom. The number of hydrogen-bond acceptors (Lipinski definition) is 5. The number of thiazole rings is 1. The van der Waals surface area contributed by atoms with E-state index < -0.39 is 17.4 Å². The summed E-state index contributed by atoms with van der Waals surface area (Å²) in [5.74, 6) is -4.80. The third kappa shape index (κ3) is 3.18. The fraction of sp³-hybridized carbons (Fsp3) is 0.500. The van der Waals surface area contributed by atoms with Gasteiger partial charge in [0, 0.05) is 48.6 Å². The molecule has 150 valence electrons. The molecule has 1 aromatic rings. The average Bonchev–Trinajstić information content (AvgIpc) is 3.21. The van der Waals surface area contributed by atoms with Gasteiger partial charge in [0.2, 0.25) is 0 Å². The van der Waals surface area contributed by atoms with Crippen molar-refractivity contribution >= 4 is 22.4 Å². The number of alkyl halides is 2. The van der Waals surface area contributed by atoms with Gasteiger partial charge in [-0.3, -0.25) is 4.79 Å². The Balaban J connectivity index is 1.53. The molecule has 8 heteroatoms. The molecule has 28 heavy (non-hydrogen) atoms. The largest absolute Gasteiger partial charge is 0.349 e. The van der Waals surface area contributed by atoms with E-state index >= 15 is 0 Å². The first-order valence-electron chi connectivity index (χ1n) is 9.56. The van der Waals surface area contributed by atoms with Gasteiger partial charge >= 0.3 is 5.92 Å². The maximum Gasteiger partial charge on any atom is 0.349 e. The number of piperazine rings is 1. The summed E-state index contributed by atoms with van der Waals surface area (Å²) in [4.78, 5) is 21.9. The van der Waals surface area contributed by atoms with Crippen LogP contribution in [0.4, 0.5) is 13.9 Å². The van der Waals surface area contributed by atoms with Crippen LogP contribution < -0.4 is 10.2 Å². The third-order valence-electron chi connectivity index (χ3n) is 5.76. The van der Waals surface area contributed by atoms with Crippen molar-refractivity contribution in [1.29, 1.82) is 0 Å². The first-order chi connectivity index (χ1) is 13.5. The van der Waals surface area contributed by atoms with Crippen molar-refractivity contribution in [2.45, 2.75) is 43.8 Å². The molecule has 0 saturated carbocycles. The summed E-state index contributed by atoms with van der Waals surface area (Å²) in [5, 5.41) is 4.42. The minimum atomic E-state index is -3.61. The number of anilines is 1. The van der Waals surface area contributed by atoms with Gasteiger partial charge in [0.25, 0.3) is 5.91 Å². The number of aromatic nitrogens is 1. The van der Waals surface area contributed by atoms with Crippen LogP contribution in [0.5, 0.6) is 0 Å². The van der Waals surface area contributed by atoms with Crippen LogP contribution in [0.15, 0.2) is 37.0 Å². The molecule has 0 radical (unpaired) electrons. The Morgan fingerprint density at radius 1 is 1.29 bits per heavy atom. The van der Waals surface area contributed by atoms with E-state index in [1.807, 2.05) is 0 Å². The number of carbonyl (C=O) groups is 1. The van der Waals surface area contributed by atoms with Crippen LogP contribution in [-0.2, 0) is 17.8 Å². The number of amides is 1. The van der Waals surface area contributed by atoms with Gasteiger partial charge in [0.15, 0.2) is 5.13 Å².